The Morgan fingerprint density at radius 2 is 1.79 bits per heavy atom. The lowest BCUT2D eigenvalue weighted by Crippen LogP contribution is -2.18. The molecule has 3 rings (SSSR count). The largest absolute Gasteiger partial charge is 0.325 e. The maximum atomic E-state index is 12.7. The highest BCUT2D eigenvalue weighted by Gasteiger charge is 2.18. The number of benzene rings is 1. The lowest BCUT2D eigenvalue weighted by molar-refractivity contribution is -0.113. The van der Waals surface area contributed by atoms with Crippen LogP contribution in [0, 0.1) is 0 Å². The Kier molecular flexibility index (Phi) is 6.64. The molecule has 2 aromatic heterocycles. The monoisotopic (exact) mass is 410 g/mol. The average Bonchev–Trinajstić information content (AvgIpc) is 3.07. The number of thioether (sulfide) groups is 1. The summed E-state index contributed by atoms with van der Waals surface area (Å²) in [5, 5.41) is 12.2. The molecule has 0 spiro atoms. The van der Waals surface area contributed by atoms with E-state index in [2.05, 4.69) is 71.4 Å². The van der Waals surface area contributed by atoms with Crippen molar-refractivity contribution in [2.75, 3.05) is 11.1 Å². The molecule has 1 N–H and O–H groups in total. The number of amides is 1. The molecule has 2 heterocycles. The molecular weight excluding hydrogens is 384 g/mol. The Hall–Kier alpha value is -2.74. The number of nitrogens with one attached hydrogen (secondary N) is 1. The first-order valence-electron chi connectivity index (χ1n) is 9.59. The summed E-state index contributed by atoms with van der Waals surface area (Å²) in [7, 11) is 1.86. The number of aromatic nitrogens is 5. The minimum atomic E-state index is -0.0611. The maximum absolute atomic E-state index is 12.7. The topological polar surface area (TPSA) is 85.6 Å². The van der Waals surface area contributed by atoms with Crippen LogP contribution in [0.1, 0.15) is 50.7 Å². The minimum Gasteiger partial charge on any atom is -0.325 e. The third-order valence-corrected chi connectivity index (χ3v) is 5.62. The van der Waals surface area contributed by atoms with Crippen LogP contribution in [0.5, 0.6) is 0 Å². The van der Waals surface area contributed by atoms with Gasteiger partial charge in [-0.05, 0) is 23.0 Å². The van der Waals surface area contributed by atoms with E-state index in [1.807, 2.05) is 11.6 Å². The van der Waals surface area contributed by atoms with E-state index in [4.69, 9.17) is 0 Å². The number of carbonyl (C=O) groups excluding carboxylic acids is 1. The molecule has 0 fully saturated rings. The van der Waals surface area contributed by atoms with E-state index < -0.39 is 0 Å². The second-order valence-electron chi connectivity index (χ2n) is 7.41. The van der Waals surface area contributed by atoms with Crippen molar-refractivity contribution < 1.29 is 4.79 Å². The maximum Gasteiger partial charge on any atom is 0.234 e. The standard InChI is InChI=1S/C21H26N6OS/c1-13(2)15-7-6-8-16(14(3)4)19(15)24-18(28)12-29-21-26-25-20(27(21)5)17-11-22-9-10-23-17/h6-11,13-14H,12H2,1-5H3,(H,24,28). The van der Waals surface area contributed by atoms with Gasteiger partial charge >= 0.3 is 0 Å². The number of rotatable bonds is 7. The number of para-hydroxylation sites is 1. The van der Waals surface area contributed by atoms with Gasteiger partial charge in [-0.25, -0.2) is 4.98 Å². The van der Waals surface area contributed by atoms with Gasteiger partial charge in [-0.3, -0.25) is 9.78 Å². The Balaban J connectivity index is 1.73. The van der Waals surface area contributed by atoms with Gasteiger partial charge in [-0.15, -0.1) is 10.2 Å². The van der Waals surface area contributed by atoms with Crippen molar-refractivity contribution in [1.82, 2.24) is 24.7 Å². The van der Waals surface area contributed by atoms with E-state index in [-0.39, 0.29) is 11.7 Å². The minimum absolute atomic E-state index is 0.0611. The van der Waals surface area contributed by atoms with Gasteiger partial charge in [0.15, 0.2) is 11.0 Å². The van der Waals surface area contributed by atoms with E-state index in [0.29, 0.717) is 28.5 Å². The van der Waals surface area contributed by atoms with Crippen molar-refractivity contribution in [2.45, 2.75) is 44.7 Å². The van der Waals surface area contributed by atoms with Crippen molar-refractivity contribution in [2.24, 2.45) is 7.05 Å². The highest BCUT2D eigenvalue weighted by Crippen LogP contribution is 2.32. The number of hydrogen-bond acceptors (Lipinski definition) is 6. The molecule has 0 unspecified atom stereocenters. The summed E-state index contributed by atoms with van der Waals surface area (Å²) in [6.45, 7) is 8.55. The van der Waals surface area contributed by atoms with Crippen molar-refractivity contribution >= 4 is 23.4 Å². The summed E-state index contributed by atoms with van der Waals surface area (Å²) in [6.07, 6.45) is 4.87. The second-order valence-corrected chi connectivity index (χ2v) is 8.36. The molecule has 0 saturated carbocycles. The normalized spacial score (nSPS) is 11.3. The molecule has 0 bridgehead atoms. The van der Waals surface area contributed by atoms with Crippen LogP contribution >= 0.6 is 11.8 Å². The Morgan fingerprint density at radius 3 is 2.38 bits per heavy atom. The third-order valence-electron chi connectivity index (χ3n) is 4.60. The molecule has 0 aliphatic heterocycles. The van der Waals surface area contributed by atoms with Crippen LogP contribution in [0.15, 0.2) is 41.9 Å². The first kappa shape index (κ1) is 21.0. The average molecular weight is 411 g/mol. The van der Waals surface area contributed by atoms with Crippen LogP contribution in [0.3, 0.4) is 0 Å². The van der Waals surface area contributed by atoms with Gasteiger partial charge < -0.3 is 9.88 Å². The fraction of sp³-hybridized carbons (Fsp3) is 0.381. The van der Waals surface area contributed by atoms with Gasteiger partial charge in [-0.1, -0.05) is 57.7 Å². The van der Waals surface area contributed by atoms with Crippen LogP contribution in [0.2, 0.25) is 0 Å². The number of hydrogen-bond donors (Lipinski definition) is 1. The molecule has 0 radical (unpaired) electrons. The molecule has 1 amide bonds. The zero-order chi connectivity index (χ0) is 21.0. The number of anilines is 1. The van der Waals surface area contributed by atoms with Crippen LogP contribution in [0.4, 0.5) is 5.69 Å². The lowest BCUT2D eigenvalue weighted by Gasteiger charge is -2.20. The molecule has 29 heavy (non-hydrogen) atoms. The van der Waals surface area contributed by atoms with E-state index in [0.717, 1.165) is 16.8 Å². The van der Waals surface area contributed by atoms with E-state index in [9.17, 15) is 4.79 Å². The van der Waals surface area contributed by atoms with E-state index in [1.54, 1.807) is 18.6 Å². The van der Waals surface area contributed by atoms with Gasteiger partial charge in [-0.2, -0.15) is 0 Å². The quantitative estimate of drug-likeness (QED) is 0.586. The molecular formula is C21H26N6OS. The first-order chi connectivity index (χ1) is 13.9. The summed E-state index contributed by atoms with van der Waals surface area (Å²) in [4.78, 5) is 21.0. The molecule has 0 atom stereocenters. The van der Waals surface area contributed by atoms with Gasteiger partial charge in [0.05, 0.1) is 11.9 Å². The van der Waals surface area contributed by atoms with Crippen molar-refractivity contribution in [3.63, 3.8) is 0 Å². The molecule has 0 aliphatic carbocycles. The molecule has 1 aromatic carbocycles. The lowest BCUT2D eigenvalue weighted by atomic mass is 9.92. The zero-order valence-electron chi connectivity index (χ0n) is 17.4. The number of nitrogens with zero attached hydrogens (tertiary/aromatic N) is 5. The highest BCUT2D eigenvalue weighted by atomic mass is 32.2. The Labute approximate surface area is 175 Å². The summed E-state index contributed by atoms with van der Waals surface area (Å²) < 4.78 is 1.82. The van der Waals surface area contributed by atoms with Crippen molar-refractivity contribution in [3.05, 3.63) is 47.9 Å². The van der Waals surface area contributed by atoms with Gasteiger partial charge in [0, 0.05) is 25.1 Å². The molecule has 8 heteroatoms. The predicted molar refractivity (Wildman–Crippen MR) is 116 cm³/mol. The van der Waals surface area contributed by atoms with Crippen LogP contribution in [0.25, 0.3) is 11.5 Å². The predicted octanol–water partition coefficient (Wildman–Crippen LogP) is 4.25. The Morgan fingerprint density at radius 1 is 1.10 bits per heavy atom. The Bertz CT molecular complexity index is 958. The highest BCUT2D eigenvalue weighted by molar-refractivity contribution is 7.99. The van der Waals surface area contributed by atoms with Crippen molar-refractivity contribution in [3.8, 4) is 11.5 Å². The van der Waals surface area contributed by atoms with Crippen LogP contribution in [-0.4, -0.2) is 36.4 Å². The summed E-state index contributed by atoms with van der Waals surface area (Å²) >= 11 is 1.35. The van der Waals surface area contributed by atoms with Gasteiger partial charge in [0.25, 0.3) is 0 Å². The van der Waals surface area contributed by atoms with E-state index >= 15 is 0 Å². The van der Waals surface area contributed by atoms with Gasteiger partial charge in [0.1, 0.15) is 5.69 Å². The second kappa shape index (κ2) is 9.17. The number of carbonyl (C=O) groups is 1. The van der Waals surface area contributed by atoms with E-state index in [1.165, 1.54) is 11.8 Å². The first-order valence-corrected chi connectivity index (χ1v) is 10.6. The molecule has 3 aromatic rings. The fourth-order valence-electron chi connectivity index (χ4n) is 3.08. The molecule has 7 nitrogen and oxygen atoms in total. The fourth-order valence-corrected chi connectivity index (χ4v) is 3.79. The van der Waals surface area contributed by atoms with Gasteiger partial charge in [0.2, 0.25) is 5.91 Å². The zero-order valence-corrected chi connectivity index (χ0v) is 18.2. The molecule has 0 aliphatic rings. The van der Waals surface area contributed by atoms with Crippen LogP contribution < -0.4 is 5.32 Å². The third kappa shape index (κ3) is 4.82. The summed E-state index contributed by atoms with van der Waals surface area (Å²) in [5.41, 5.74) is 3.88. The summed E-state index contributed by atoms with van der Waals surface area (Å²) in [5.74, 6) is 1.45. The van der Waals surface area contributed by atoms with Crippen LogP contribution in [-0.2, 0) is 11.8 Å². The molecule has 0 saturated heterocycles. The smallest absolute Gasteiger partial charge is 0.234 e. The summed E-state index contributed by atoms with van der Waals surface area (Å²) in [6, 6.07) is 6.22. The SMILES string of the molecule is CC(C)c1cccc(C(C)C)c1NC(=O)CSc1nnc(-c2cnccn2)n1C. The van der Waals surface area contributed by atoms with Crippen molar-refractivity contribution in [1.29, 1.82) is 0 Å². The molecule has 152 valence electrons.